The predicted octanol–water partition coefficient (Wildman–Crippen LogP) is 5.25. The maximum absolute atomic E-state index is 12.4. The van der Waals surface area contributed by atoms with Crippen molar-refractivity contribution in [3.8, 4) is 0 Å². The molecule has 0 aliphatic carbocycles. The first kappa shape index (κ1) is 17.3. The SMILES string of the molecule is O=C(Nc1cccc(Cl)c1)c1ccnc(NCc2ccc(Cl)cc2)c1. The normalized spacial score (nSPS) is 10.3. The molecule has 126 valence electrons. The number of rotatable bonds is 5. The molecule has 0 fully saturated rings. The summed E-state index contributed by atoms with van der Waals surface area (Å²) in [6.45, 7) is 0.587. The first-order valence-corrected chi connectivity index (χ1v) is 8.37. The van der Waals surface area contributed by atoms with Crippen LogP contribution < -0.4 is 10.6 Å². The van der Waals surface area contributed by atoms with E-state index in [1.807, 2.05) is 24.3 Å². The number of aromatic nitrogens is 1. The Labute approximate surface area is 155 Å². The molecule has 25 heavy (non-hydrogen) atoms. The number of amides is 1. The van der Waals surface area contributed by atoms with Crippen LogP contribution >= 0.6 is 23.2 Å². The highest BCUT2D eigenvalue weighted by Crippen LogP contribution is 2.17. The van der Waals surface area contributed by atoms with Crippen molar-refractivity contribution in [1.82, 2.24) is 4.98 Å². The van der Waals surface area contributed by atoms with E-state index in [4.69, 9.17) is 23.2 Å². The first-order valence-electron chi connectivity index (χ1n) is 7.61. The Morgan fingerprint density at radius 1 is 0.960 bits per heavy atom. The lowest BCUT2D eigenvalue weighted by Crippen LogP contribution is -2.12. The summed E-state index contributed by atoms with van der Waals surface area (Å²) in [6, 6.07) is 17.9. The Morgan fingerprint density at radius 3 is 2.52 bits per heavy atom. The van der Waals surface area contributed by atoms with Crippen LogP contribution in [0.4, 0.5) is 11.5 Å². The van der Waals surface area contributed by atoms with Gasteiger partial charge >= 0.3 is 0 Å². The fourth-order valence-electron chi connectivity index (χ4n) is 2.23. The Hall–Kier alpha value is -2.56. The maximum Gasteiger partial charge on any atom is 0.255 e. The van der Waals surface area contributed by atoms with Crippen molar-refractivity contribution in [2.75, 3.05) is 10.6 Å². The summed E-state index contributed by atoms with van der Waals surface area (Å²) in [7, 11) is 0. The van der Waals surface area contributed by atoms with Gasteiger partial charge in [-0.2, -0.15) is 0 Å². The Kier molecular flexibility index (Phi) is 5.53. The molecule has 0 aliphatic rings. The fourth-order valence-corrected chi connectivity index (χ4v) is 2.55. The van der Waals surface area contributed by atoms with E-state index in [-0.39, 0.29) is 5.91 Å². The number of anilines is 2. The molecule has 3 rings (SSSR count). The van der Waals surface area contributed by atoms with E-state index >= 15 is 0 Å². The van der Waals surface area contributed by atoms with Crippen molar-refractivity contribution in [3.63, 3.8) is 0 Å². The van der Waals surface area contributed by atoms with E-state index < -0.39 is 0 Å². The lowest BCUT2D eigenvalue weighted by atomic mass is 10.2. The number of halogens is 2. The zero-order valence-electron chi connectivity index (χ0n) is 13.2. The molecular formula is C19H15Cl2N3O. The van der Waals surface area contributed by atoms with E-state index in [2.05, 4.69) is 15.6 Å². The van der Waals surface area contributed by atoms with Gasteiger partial charge in [-0.1, -0.05) is 41.4 Å². The van der Waals surface area contributed by atoms with Crippen molar-refractivity contribution in [2.24, 2.45) is 0 Å². The van der Waals surface area contributed by atoms with Crippen LogP contribution in [0.1, 0.15) is 15.9 Å². The summed E-state index contributed by atoms with van der Waals surface area (Å²) in [4.78, 5) is 16.6. The second-order valence-electron chi connectivity index (χ2n) is 5.37. The molecule has 2 aromatic carbocycles. The Bertz CT molecular complexity index is 882. The third-order valence-electron chi connectivity index (χ3n) is 3.49. The van der Waals surface area contributed by atoms with Gasteiger partial charge in [0.15, 0.2) is 0 Å². The molecule has 0 saturated carbocycles. The molecule has 0 saturated heterocycles. The molecule has 4 nitrogen and oxygen atoms in total. The number of carbonyl (C=O) groups is 1. The maximum atomic E-state index is 12.4. The summed E-state index contributed by atoms with van der Waals surface area (Å²) in [5.74, 6) is 0.396. The topological polar surface area (TPSA) is 54.0 Å². The lowest BCUT2D eigenvalue weighted by Gasteiger charge is -2.09. The smallest absolute Gasteiger partial charge is 0.255 e. The molecule has 0 bridgehead atoms. The Balaban J connectivity index is 1.66. The molecule has 1 amide bonds. The van der Waals surface area contributed by atoms with Gasteiger partial charge < -0.3 is 10.6 Å². The fraction of sp³-hybridized carbons (Fsp3) is 0.0526. The highest BCUT2D eigenvalue weighted by atomic mass is 35.5. The number of nitrogens with one attached hydrogen (secondary N) is 2. The van der Waals surface area contributed by atoms with E-state index in [9.17, 15) is 4.79 Å². The lowest BCUT2D eigenvalue weighted by molar-refractivity contribution is 0.102. The summed E-state index contributed by atoms with van der Waals surface area (Å²) in [6.07, 6.45) is 1.59. The van der Waals surface area contributed by atoms with Crippen LogP contribution in [-0.4, -0.2) is 10.9 Å². The van der Waals surface area contributed by atoms with Crippen LogP contribution in [0.2, 0.25) is 10.0 Å². The van der Waals surface area contributed by atoms with Gasteiger partial charge in [-0.05, 0) is 48.0 Å². The van der Waals surface area contributed by atoms with E-state index in [0.29, 0.717) is 33.7 Å². The number of hydrogen-bond donors (Lipinski definition) is 2. The average Bonchev–Trinajstić information content (AvgIpc) is 2.61. The van der Waals surface area contributed by atoms with Crippen molar-refractivity contribution in [3.05, 3.63) is 88.0 Å². The summed E-state index contributed by atoms with van der Waals surface area (Å²) < 4.78 is 0. The highest BCUT2D eigenvalue weighted by Gasteiger charge is 2.08. The third kappa shape index (κ3) is 4.95. The number of pyridine rings is 1. The number of carbonyl (C=O) groups excluding carboxylic acids is 1. The summed E-state index contributed by atoms with van der Waals surface area (Å²) in [5, 5.41) is 7.27. The average molecular weight is 372 g/mol. The Morgan fingerprint density at radius 2 is 1.76 bits per heavy atom. The van der Waals surface area contributed by atoms with Crippen molar-refractivity contribution in [1.29, 1.82) is 0 Å². The summed E-state index contributed by atoms with van der Waals surface area (Å²) >= 11 is 11.8. The molecule has 1 heterocycles. The van der Waals surface area contributed by atoms with Gasteiger partial charge in [0.25, 0.3) is 5.91 Å². The monoisotopic (exact) mass is 371 g/mol. The molecule has 1 aromatic heterocycles. The van der Waals surface area contributed by atoms with Gasteiger partial charge in [0.1, 0.15) is 5.82 Å². The van der Waals surface area contributed by atoms with Crippen molar-refractivity contribution < 1.29 is 4.79 Å². The second kappa shape index (κ2) is 8.01. The van der Waals surface area contributed by atoms with Gasteiger partial charge in [0, 0.05) is 34.0 Å². The molecule has 0 aliphatic heterocycles. The second-order valence-corrected chi connectivity index (χ2v) is 6.25. The van der Waals surface area contributed by atoms with Crippen LogP contribution in [0, 0.1) is 0 Å². The van der Waals surface area contributed by atoms with Gasteiger partial charge in [-0.3, -0.25) is 4.79 Å². The van der Waals surface area contributed by atoms with Gasteiger partial charge in [0.2, 0.25) is 0 Å². The van der Waals surface area contributed by atoms with Crippen LogP contribution in [0.5, 0.6) is 0 Å². The minimum Gasteiger partial charge on any atom is -0.366 e. The molecule has 0 radical (unpaired) electrons. The van der Waals surface area contributed by atoms with Crippen LogP contribution in [0.15, 0.2) is 66.9 Å². The van der Waals surface area contributed by atoms with E-state index in [1.165, 1.54) is 0 Å². The number of hydrogen-bond acceptors (Lipinski definition) is 3. The first-order chi connectivity index (χ1) is 12.1. The van der Waals surface area contributed by atoms with Gasteiger partial charge in [-0.15, -0.1) is 0 Å². The minimum atomic E-state index is -0.223. The molecular weight excluding hydrogens is 357 g/mol. The minimum absolute atomic E-state index is 0.223. The molecule has 0 unspecified atom stereocenters. The summed E-state index contributed by atoms with van der Waals surface area (Å²) in [5.41, 5.74) is 2.22. The molecule has 3 aromatic rings. The van der Waals surface area contributed by atoms with Gasteiger partial charge in [0.05, 0.1) is 0 Å². The van der Waals surface area contributed by atoms with Gasteiger partial charge in [-0.25, -0.2) is 4.98 Å². The van der Waals surface area contributed by atoms with E-state index in [0.717, 1.165) is 5.56 Å². The molecule has 0 spiro atoms. The molecule has 2 N–H and O–H groups in total. The zero-order chi connectivity index (χ0) is 17.6. The zero-order valence-corrected chi connectivity index (χ0v) is 14.7. The van der Waals surface area contributed by atoms with E-state index in [1.54, 1.807) is 42.6 Å². The van der Waals surface area contributed by atoms with Crippen LogP contribution in [0.3, 0.4) is 0 Å². The molecule has 0 atom stereocenters. The standard InChI is InChI=1S/C19H15Cl2N3O/c20-15-6-4-13(5-7-15)12-23-18-10-14(8-9-22-18)19(25)24-17-3-1-2-16(21)11-17/h1-11H,12H2,(H,22,23)(H,24,25). The van der Waals surface area contributed by atoms with Crippen molar-refractivity contribution >= 4 is 40.6 Å². The quantitative estimate of drug-likeness (QED) is 0.643. The third-order valence-corrected chi connectivity index (χ3v) is 3.98. The predicted molar refractivity (Wildman–Crippen MR) is 102 cm³/mol. The van der Waals surface area contributed by atoms with Crippen LogP contribution in [-0.2, 0) is 6.54 Å². The molecule has 6 heteroatoms. The number of nitrogens with zero attached hydrogens (tertiary/aromatic N) is 1. The largest absolute Gasteiger partial charge is 0.366 e. The highest BCUT2D eigenvalue weighted by molar-refractivity contribution is 6.31. The van der Waals surface area contributed by atoms with Crippen LogP contribution in [0.25, 0.3) is 0 Å². The van der Waals surface area contributed by atoms with Crippen molar-refractivity contribution in [2.45, 2.75) is 6.54 Å². The number of benzene rings is 2.